The number of aryl methyl sites for hydroxylation is 1. The van der Waals surface area contributed by atoms with Crippen LogP contribution in [-0.2, 0) is 0 Å². The van der Waals surface area contributed by atoms with Crippen molar-refractivity contribution < 1.29 is 4.92 Å². The Hall–Kier alpha value is -0.970. The predicted molar refractivity (Wildman–Crippen MR) is 33.5 cm³/mol. The number of rotatable bonds is 1. The van der Waals surface area contributed by atoms with Crippen molar-refractivity contribution in [2.24, 2.45) is 0 Å². The van der Waals surface area contributed by atoms with Gasteiger partial charge in [0.25, 0.3) is 0 Å². The van der Waals surface area contributed by atoms with Gasteiger partial charge in [-0.1, -0.05) is 0 Å². The van der Waals surface area contributed by atoms with E-state index in [0.717, 1.165) is 16.3 Å². The summed E-state index contributed by atoms with van der Waals surface area (Å²) in [5.74, 6) is 0. The number of hydrogen-bond donors (Lipinski definition) is 0. The van der Waals surface area contributed by atoms with Gasteiger partial charge in [-0.25, -0.2) is 4.98 Å². The first-order valence-corrected chi connectivity index (χ1v) is 3.08. The third-order valence-electron chi connectivity index (χ3n) is 0.789. The Labute approximate surface area is 55.3 Å². The van der Waals surface area contributed by atoms with Crippen LogP contribution in [0.3, 0.4) is 0 Å². The van der Waals surface area contributed by atoms with Crippen LogP contribution in [0.5, 0.6) is 0 Å². The molecule has 9 heavy (non-hydrogen) atoms. The molecule has 5 heteroatoms. The summed E-state index contributed by atoms with van der Waals surface area (Å²) in [6, 6.07) is 0. The third kappa shape index (κ3) is 1.23. The monoisotopic (exact) mass is 144 g/mol. The van der Waals surface area contributed by atoms with Crippen molar-refractivity contribution in [1.82, 2.24) is 4.98 Å². The molecule has 0 spiro atoms. The third-order valence-corrected chi connectivity index (χ3v) is 1.65. The minimum Gasteiger partial charge on any atom is -0.257 e. The molecule has 0 radical (unpaired) electrons. The van der Waals surface area contributed by atoms with Gasteiger partial charge >= 0.3 is 5.00 Å². The molecule has 1 heterocycles. The average Bonchev–Trinajstić information content (AvgIpc) is 2.14. The highest BCUT2D eigenvalue weighted by Gasteiger charge is 2.07. The second kappa shape index (κ2) is 2.10. The molecule has 0 bridgehead atoms. The average molecular weight is 144 g/mol. The van der Waals surface area contributed by atoms with E-state index in [2.05, 4.69) is 4.98 Å². The zero-order valence-corrected chi connectivity index (χ0v) is 5.51. The van der Waals surface area contributed by atoms with E-state index in [1.165, 1.54) is 6.20 Å². The molecule has 0 aliphatic carbocycles. The molecule has 0 fully saturated rings. The molecule has 0 saturated heterocycles. The normalized spacial score (nSPS) is 9.44. The lowest BCUT2D eigenvalue weighted by Gasteiger charge is -1.76. The van der Waals surface area contributed by atoms with E-state index < -0.39 is 4.92 Å². The van der Waals surface area contributed by atoms with Crippen LogP contribution >= 0.6 is 11.3 Å². The molecule has 0 aromatic carbocycles. The summed E-state index contributed by atoms with van der Waals surface area (Å²) >= 11 is 1.09. The van der Waals surface area contributed by atoms with Gasteiger partial charge in [0, 0.05) is 0 Å². The van der Waals surface area contributed by atoms with Gasteiger partial charge in [0.2, 0.25) is 0 Å². The molecule has 0 unspecified atom stereocenters. The van der Waals surface area contributed by atoms with Crippen LogP contribution in [0.1, 0.15) is 5.01 Å². The second-order valence-corrected chi connectivity index (χ2v) is 2.69. The SMILES string of the molecule is Cc1ncc([N+](=O)[O-])s1. The molecule has 1 aromatic rings. The summed E-state index contributed by atoms with van der Waals surface area (Å²) in [5, 5.41) is 10.8. The minimum absolute atomic E-state index is 0.104. The molecule has 0 saturated carbocycles. The van der Waals surface area contributed by atoms with Crippen LogP contribution in [0, 0.1) is 17.0 Å². The Balaban J connectivity index is 2.98. The maximum Gasteiger partial charge on any atom is 0.343 e. The Morgan fingerprint density at radius 2 is 2.56 bits per heavy atom. The molecule has 0 aliphatic rings. The van der Waals surface area contributed by atoms with Crippen LogP contribution in [0.4, 0.5) is 5.00 Å². The van der Waals surface area contributed by atoms with Crippen molar-refractivity contribution >= 4 is 16.3 Å². The van der Waals surface area contributed by atoms with Crippen molar-refractivity contribution in [2.75, 3.05) is 0 Å². The maximum atomic E-state index is 9.99. The molecular weight excluding hydrogens is 140 g/mol. The molecule has 0 aliphatic heterocycles. The van der Waals surface area contributed by atoms with Crippen LogP contribution in [0.25, 0.3) is 0 Å². The maximum absolute atomic E-state index is 9.99. The summed E-state index contributed by atoms with van der Waals surface area (Å²) in [4.78, 5) is 13.3. The summed E-state index contributed by atoms with van der Waals surface area (Å²) in [6.45, 7) is 1.73. The Bertz CT molecular complexity index is 232. The van der Waals surface area contributed by atoms with Gasteiger partial charge in [-0.2, -0.15) is 0 Å². The first-order chi connectivity index (χ1) is 4.20. The van der Waals surface area contributed by atoms with Gasteiger partial charge in [-0.15, -0.1) is 0 Å². The predicted octanol–water partition coefficient (Wildman–Crippen LogP) is 1.36. The second-order valence-electron chi connectivity index (χ2n) is 1.47. The van der Waals surface area contributed by atoms with E-state index in [1.54, 1.807) is 6.92 Å². The van der Waals surface area contributed by atoms with Crippen molar-refractivity contribution in [3.05, 3.63) is 21.3 Å². The summed E-state index contributed by atoms with van der Waals surface area (Å²) in [5.41, 5.74) is 0. The van der Waals surface area contributed by atoms with Gasteiger partial charge in [0.1, 0.15) is 6.20 Å². The van der Waals surface area contributed by atoms with Gasteiger partial charge in [0.15, 0.2) is 0 Å². The number of nitro groups is 1. The van der Waals surface area contributed by atoms with Crippen molar-refractivity contribution in [2.45, 2.75) is 6.92 Å². The molecule has 1 rings (SSSR count). The highest BCUT2D eigenvalue weighted by molar-refractivity contribution is 7.14. The number of hydrogen-bond acceptors (Lipinski definition) is 4. The lowest BCUT2D eigenvalue weighted by atomic mass is 10.8. The van der Waals surface area contributed by atoms with Crippen molar-refractivity contribution in [3.63, 3.8) is 0 Å². The number of nitrogens with zero attached hydrogens (tertiary/aromatic N) is 2. The largest absolute Gasteiger partial charge is 0.343 e. The Kier molecular flexibility index (Phi) is 1.44. The standard InChI is InChI=1S/C4H4N2O2S/c1-3-5-2-4(9-3)6(7)8/h2H,1H3. The van der Waals surface area contributed by atoms with E-state index in [1.807, 2.05) is 0 Å². The summed E-state index contributed by atoms with van der Waals surface area (Å²) in [6.07, 6.45) is 1.26. The number of aromatic nitrogens is 1. The Morgan fingerprint density at radius 3 is 2.78 bits per heavy atom. The molecule has 0 atom stereocenters. The van der Waals surface area contributed by atoms with E-state index >= 15 is 0 Å². The topological polar surface area (TPSA) is 56.0 Å². The van der Waals surface area contributed by atoms with E-state index in [4.69, 9.17) is 0 Å². The lowest BCUT2D eigenvalue weighted by Crippen LogP contribution is -1.80. The van der Waals surface area contributed by atoms with Gasteiger partial charge in [-0.05, 0) is 18.3 Å². The first-order valence-electron chi connectivity index (χ1n) is 2.27. The van der Waals surface area contributed by atoms with Crippen LogP contribution in [0.2, 0.25) is 0 Å². The fraction of sp³-hybridized carbons (Fsp3) is 0.250. The molecule has 1 aromatic heterocycles. The fourth-order valence-electron chi connectivity index (χ4n) is 0.435. The van der Waals surface area contributed by atoms with Gasteiger partial charge in [-0.3, -0.25) is 10.1 Å². The van der Waals surface area contributed by atoms with E-state index in [-0.39, 0.29) is 5.00 Å². The minimum atomic E-state index is -0.440. The summed E-state index contributed by atoms with van der Waals surface area (Å²) in [7, 11) is 0. The molecule has 48 valence electrons. The lowest BCUT2D eigenvalue weighted by molar-refractivity contribution is -0.380. The highest BCUT2D eigenvalue weighted by Crippen LogP contribution is 2.19. The zero-order chi connectivity index (χ0) is 6.85. The van der Waals surface area contributed by atoms with Crippen molar-refractivity contribution in [1.29, 1.82) is 0 Å². The number of thiazole rings is 1. The molecular formula is C4H4N2O2S. The fourth-order valence-corrected chi connectivity index (χ4v) is 1.02. The summed E-state index contributed by atoms with van der Waals surface area (Å²) < 4.78 is 0. The molecule has 4 nitrogen and oxygen atoms in total. The zero-order valence-electron chi connectivity index (χ0n) is 4.70. The van der Waals surface area contributed by atoms with Gasteiger partial charge < -0.3 is 0 Å². The quantitative estimate of drug-likeness (QED) is 0.441. The van der Waals surface area contributed by atoms with E-state index in [9.17, 15) is 10.1 Å². The smallest absolute Gasteiger partial charge is 0.257 e. The van der Waals surface area contributed by atoms with Crippen LogP contribution < -0.4 is 0 Å². The van der Waals surface area contributed by atoms with Crippen LogP contribution in [-0.4, -0.2) is 9.91 Å². The van der Waals surface area contributed by atoms with Gasteiger partial charge in [0.05, 0.1) is 9.93 Å². The van der Waals surface area contributed by atoms with Crippen molar-refractivity contribution in [3.8, 4) is 0 Å². The van der Waals surface area contributed by atoms with Crippen LogP contribution in [0.15, 0.2) is 6.20 Å². The highest BCUT2D eigenvalue weighted by atomic mass is 32.1. The van der Waals surface area contributed by atoms with E-state index in [0.29, 0.717) is 0 Å². The molecule has 0 N–H and O–H groups in total. The Morgan fingerprint density at radius 1 is 1.89 bits per heavy atom. The molecule has 0 amide bonds. The first kappa shape index (κ1) is 6.15.